The van der Waals surface area contributed by atoms with Crippen LogP contribution >= 0.6 is 15.9 Å². The van der Waals surface area contributed by atoms with Crippen molar-refractivity contribution in [1.82, 2.24) is 9.78 Å². The first-order chi connectivity index (χ1) is 5.95. The van der Waals surface area contributed by atoms with Gasteiger partial charge in [-0.05, 0) is 22.9 Å². The molecule has 0 aromatic carbocycles. The van der Waals surface area contributed by atoms with Gasteiger partial charge in [-0.15, -0.1) is 0 Å². The Morgan fingerprint density at radius 3 is 2.62 bits per heavy atom. The molecule has 0 radical (unpaired) electrons. The Labute approximate surface area is 82.5 Å². The van der Waals surface area contributed by atoms with E-state index in [0.29, 0.717) is 10.2 Å². The molecule has 0 spiro atoms. The lowest BCUT2D eigenvalue weighted by molar-refractivity contribution is -0.143. The zero-order valence-corrected chi connectivity index (χ0v) is 8.67. The van der Waals surface area contributed by atoms with Gasteiger partial charge in [0, 0.05) is 7.05 Å². The number of alkyl halides is 1. The molecule has 1 unspecified atom stereocenters. The normalized spacial score (nSPS) is 12.9. The third-order valence-electron chi connectivity index (χ3n) is 1.65. The van der Waals surface area contributed by atoms with Crippen LogP contribution in [0.2, 0.25) is 0 Å². The van der Waals surface area contributed by atoms with E-state index in [4.69, 9.17) is 5.11 Å². The minimum absolute atomic E-state index is 0.0324. The van der Waals surface area contributed by atoms with E-state index >= 15 is 0 Å². The van der Waals surface area contributed by atoms with Gasteiger partial charge in [-0.1, -0.05) is 0 Å². The molecule has 0 saturated carbocycles. The fraction of sp³-hybridized carbons (Fsp3) is 0.429. The summed E-state index contributed by atoms with van der Waals surface area (Å²) in [4.78, 5) is 10.4. The van der Waals surface area contributed by atoms with Gasteiger partial charge in [-0.2, -0.15) is 5.10 Å². The maximum Gasteiger partial charge on any atom is 0.344 e. The van der Waals surface area contributed by atoms with E-state index in [1.54, 1.807) is 6.92 Å². The number of aromatic nitrogens is 2. The standard InChI is InChI=1S/C7H8BrFN2O2/c1-3-4(8)6(11(2)10-3)5(9)7(12)13/h5H,1-2H3,(H,12,13). The van der Waals surface area contributed by atoms with Crippen molar-refractivity contribution in [2.75, 3.05) is 0 Å². The average molecular weight is 251 g/mol. The third-order valence-corrected chi connectivity index (χ3v) is 2.63. The molecule has 1 rings (SSSR count). The number of rotatable bonds is 2. The van der Waals surface area contributed by atoms with E-state index < -0.39 is 12.1 Å². The van der Waals surface area contributed by atoms with Gasteiger partial charge in [0.25, 0.3) is 0 Å². The SMILES string of the molecule is Cc1nn(C)c(C(F)C(=O)O)c1Br. The first kappa shape index (κ1) is 10.2. The molecule has 1 aromatic rings. The van der Waals surface area contributed by atoms with Crippen molar-refractivity contribution < 1.29 is 14.3 Å². The average Bonchev–Trinajstić information content (AvgIpc) is 2.26. The summed E-state index contributed by atoms with van der Waals surface area (Å²) in [5.41, 5.74) is 0.603. The molecule has 1 N–H and O–H groups in total. The van der Waals surface area contributed by atoms with Crippen molar-refractivity contribution in [2.24, 2.45) is 7.05 Å². The van der Waals surface area contributed by atoms with E-state index in [9.17, 15) is 9.18 Å². The van der Waals surface area contributed by atoms with Crippen LogP contribution in [0.5, 0.6) is 0 Å². The summed E-state index contributed by atoms with van der Waals surface area (Å²) in [7, 11) is 1.50. The predicted molar refractivity (Wildman–Crippen MR) is 47.1 cm³/mol. The molecule has 0 aliphatic carbocycles. The minimum atomic E-state index is -2.04. The van der Waals surface area contributed by atoms with Crippen LogP contribution in [0.15, 0.2) is 4.47 Å². The molecule has 1 atom stereocenters. The fourth-order valence-corrected chi connectivity index (χ4v) is 1.58. The van der Waals surface area contributed by atoms with Gasteiger partial charge in [0.1, 0.15) is 0 Å². The zero-order valence-electron chi connectivity index (χ0n) is 7.08. The van der Waals surface area contributed by atoms with Gasteiger partial charge in [-0.3, -0.25) is 4.68 Å². The molecule has 0 saturated heterocycles. The molecule has 0 bridgehead atoms. The summed E-state index contributed by atoms with van der Waals surface area (Å²) < 4.78 is 14.7. The second kappa shape index (κ2) is 3.45. The lowest BCUT2D eigenvalue weighted by Crippen LogP contribution is -2.11. The Morgan fingerprint density at radius 1 is 1.77 bits per heavy atom. The van der Waals surface area contributed by atoms with Crippen molar-refractivity contribution >= 4 is 21.9 Å². The minimum Gasteiger partial charge on any atom is -0.479 e. The van der Waals surface area contributed by atoms with Gasteiger partial charge >= 0.3 is 5.97 Å². The highest BCUT2D eigenvalue weighted by atomic mass is 79.9. The Balaban J connectivity index is 3.20. The van der Waals surface area contributed by atoms with E-state index in [2.05, 4.69) is 21.0 Å². The van der Waals surface area contributed by atoms with Crippen LogP contribution in [0.4, 0.5) is 4.39 Å². The molecule has 6 heteroatoms. The molecule has 0 amide bonds. The zero-order chi connectivity index (χ0) is 10.2. The summed E-state index contributed by atoms with van der Waals surface area (Å²) in [5.74, 6) is -1.51. The number of nitrogens with zero attached hydrogens (tertiary/aromatic N) is 2. The molecule has 4 nitrogen and oxygen atoms in total. The van der Waals surface area contributed by atoms with Crippen molar-refractivity contribution in [3.8, 4) is 0 Å². The number of halogens is 2. The molecular weight excluding hydrogens is 243 g/mol. The Hall–Kier alpha value is -0.910. The monoisotopic (exact) mass is 250 g/mol. The van der Waals surface area contributed by atoms with Gasteiger partial charge in [0.2, 0.25) is 6.17 Å². The Kier molecular flexibility index (Phi) is 2.70. The topological polar surface area (TPSA) is 55.1 Å². The van der Waals surface area contributed by atoms with Gasteiger partial charge in [-0.25, -0.2) is 9.18 Å². The second-order valence-electron chi connectivity index (χ2n) is 2.61. The van der Waals surface area contributed by atoms with E-state index in [1.165, 1.54) is 11.7 Å². The Bertz CT molecular complexity index is 351. The number of carboxylic acids is 1. The Morgan fingerprint density at radius 2 is 2.31 bits per heavy atom. The molecule has 1 aromatic heterocycles. The number of carbonyl (C=O) groups is 1. The van der Waals surface area contributed by atoms with Crippen LogP contribution in [-0.4, -0.2) is 20.9 Å². The molecule has 1 heterocycles. The van der Waals surface area contributed by atoms with Gasteiger partial charge < -0.3 is 5.11 Å². The van der Waals surface area contributed by atoms with Crippen molar-refractivity contribution in [1.29, 1.82) is 0 Å². The maximum absolute atomic E-state index is 13.1. The van der Waals surface area contributed by atoms with Crippen LogP contribution in [-0.2, 0) is 11.8 Å². The quantitative estimate of drug-likeness (QED) is 0.868. The molecule has 72 valence electrons. The first-order valence-electron chi connectivity index (χ1n) is 3.51. The lowest BCUT2D eigenvalue weighted by atomic mass is 10.2. The summed E-state index contributed by atoms with van der Waals surface area (Å²) in [6.45, 7) is 1.67. The number of aliphatic carboxylic acids is 1. The highest BCUT2D eigenvalue weighted by Crippen LogP contribution is 2.28. The summed E-state index contributed by atoms with van der Waals surface area (Å²) >= 11 is 3.08. The van der Waals surface area contributed by atoms with Gasteiger partial charge in [0.05, 0.1) is 15.9 Å². The third kappa shape index (κ3) is 1.72. The largest absolute Gasteiger partial charge is 0.479 e. The van der Waals surface area contributed by atoms with Crippen LogP contribution in [0.1, 0.15) is 17.6 Å². The highest BCUT2D eigenvalue weighted by Gasteiger charge is 2.26. The first-order valence-corrected chi connectivity index (χ1v) is 4.30. The van der Waals surface area contributed by atoms with Crippen LogP contribution < -0.4 is 0 Å². The highest BCUT2D eigenvalue weighted by molar-refractivity contribution is 9.10. The van der Waals surface area contributed by atoms with Gasteiger partial charge in [0.15, 0.2) is 0 Å². The van der Waals surface area contributed by atoms with Crippen molar-refractivity contribution in [3.63, 3.8) is 0 Å². The van der Waals surface area contributed by atoms with Crippen molar-refractivity contribution in [2.45, 2.75) is 13.1 Å². The molecule has 0 aliphatic heterocycles. The predicted octanol–water partition coefficient (Wildman–Crippen LogP) is 1.59. The number of aryl methyl sites for hydroxylation is 2. The number of hydrogen-bond donors (Lipinski definition) is 1. The van der Waals surface area contributed by atoms with Crippen LogP contribution in [0.25, 0.3) is 0 Å². The fourth-order valence-electron chi connectivity index (χ4n) is 1.04. The summed E-state index contributed by atoms with van der Waals surface area (Å²) in [6, 6.07) is 0. The van der Waals surface area contributed by atoms with Crippen LogP contribution in [0.3, 0.4) is 0 Å². The molecular formula is C7H8BrFN2O2. The van der Waals surface area contributed by atoms with Crippen molar-refractivity contribution in [3.05, 3.63) is 15.9 Å². The van der Waals surface area contributed by atoms with E-state index in [0.717, 1.165) is 0 Å². The second-order valence-corrected chi connectivity index (χ2v) is 3.40. The number of carboxylic acid groups (broad SMARTS) is 1. The molecule has 13 heavy (non-hydrogen) atoms. The molecule has 0 fully saturated rings. The van der Waals surface area contributed by atoms with E-state index in [1.807, 2.05) is 0 Å². The maximum atomic E-state index is 13.1. The summed E-state index contributed by atoms with van der Waals surface area (Å²) in [6.07, 6.45) is -2.04. The smallest absolute Gasteiger partial charge is 0.344 e. The van der Waals surface area contributed by atoms with E-state index in [-0.39, 0.29) is 5.69 Å². The molecule has 0 aliphatic rings. The van der Waals surface area contributed by atoms with Crippen LogP contribution in [0, 0.1) is 6.92 Å². The lowest BCUT2D eigenvalue weighted by Gasteiger charge is -2.03. The summed E-state index contributed by atoms with van der Waals surface area (Å²) in [5, 5.41) is 12.3. The number of hydrogen-bond acceptors (Lipinski definition) is 2.